The van der Waals surface area contributed by atoms with Gasteiger partial charge in [0.2, 0.25) is 0 Å². The van der Waals surface area contributed by atoms with Crippen molar-refractivity contribution in [1.29, 1.82) is 0 Å². The third kappa shape index (κ3) is 2.21. The summed E-state index contributed by atoms with van der Waals surface area (Å²) in [6, 6.07) is 14.3. The SMILES string of the molecule is CC(C)Cc1ccc2c(c1)C(=O)c1ccccc1C2. The molecule has 0 amide bonds. The van der Waals surface area contributed by atoms with E-state index in [4.69, 9.17) is 0 Å². The van der Waals surface area contributed by atoms with Crippen molar-refractivity contribution < 1.29 is 4.79 Å². The summed E-state index contributed by atoms with van der Waals surface area (Å²) in [5.41, 5.74) is 5.35. The maximum atomic E-state index is 12.5. The van der Waals surface area contributed by atoms with E-state index in [9.17, 15) is 4.79 Å². The minimum absolute atomic E-state index is 0.183. The molecule has 1 heteroatoms. The lowest BCUT2D eigenvalue weighted by molar-refractivity contribution is 0.103. The number of carbonyl (C=O) groups is 1. The Bertz CT molecular complexity index is 638. The van der Waals surface area contributed by atoms with Crippen LogP contribution in [-0.4, -0.2) is 5.78 Å². The first-order valence-corrected chi connectivity index (χ1v) is 6.89. The minimum atomic E-state index is 0.183. The van der Waals surface area contributed by atoms with Crippen molar-refractivity contribution in [1.82, 2.24) is 0 Å². The van der Waals surface area contributed by atoms with E-state index >= 15 is 0 Å². The number of rotatable bonds is 2. The number of hydrogen-bond donors (Lipinski definition) is 0. The average Bonchev–Trinajstić information content (AvgIpc) is 2.39. The van der Waals surface area contributed by atoms with Crippen LogP contribution in [0.25, 0.3) is 0 Å². The summed E-state index contributed by atoms with van der Waals surface area (Å²) in [7, 11) is 0. The van der Waals surface area contributed by atoms with Gasteiger partial charge >= 0.3 is 0 Å². The Morgan fingerprint density at radius 3 is 2.53 bits per heavy atom. The summed E-state index contributed by atoms with van der Waals surface area (Å²) in [5.74, 6) is 0.798. The van der Waals surface area contributed by atoms with Crippen LogP contribution in [0.1, 0.15) is 46.5 Å². The number of hydrogen-bond acceptors (Lipinski definition) is 1. The van der Waals surface area contributed by atoms with Gasteiger partial charge in [0.25, 0.3) is 0 Å². The van der Waals surface area contributed by atoms with Crippen LogP contribution in [0.15, 0.2) is 42.5 Å². The molecule has 0 saturated heterocycles. The lowest BCUT2D eigenvalue weighted by atomic mass is 9.83. The van der Waals surface area contributed by atoms with Crippen molar-refractivity contribution in [3.63, 3.8) is 0 Å². The van der Waals surface area contributed by atoms with Crippen LogP contribution in [0.2, 0.25) is 0 Å². The van der Waals surface area contributed by atoms with Gasteiger partial charge in [-0.15, -0.1) is 0 Å². The van der Waals surface area contributed by atoms with Crippen LogP contribution in [0.5, 0.6) is 0 Å². The Balaban J connectivity index is 2.04. The van der Waals surface area contributed by atoms with Crippen LogP contribution in [0.3, 0.4) is 0 Å². The molecule has 19 heavy (non-hydrogen) atoms. The van der Waals surface area contributed by atoms with Gasteiger partial charge in [-0.3, -0.25) is 4.79 Å². The number of benzene rings is 2. The van der Waals surface area contributed by atoms with Crippen LogP contribution in [-0.2, 0) is 12.8 Å². The van der Waals surface area contributed by atoms with Crippen LogP contribution in [0, 0.1) is 5.92 Å². The number of carbonyl (C=O) groups excluding carboxylic acids is 1. The molecule has 0 N–H and O–H groups in total. The third-order valence-electron chi connectivity index (χ3n) is 3.71. The van der Waals surface area contributed by atoms with E-state index in [1.165, 1.54) is 5.56 Å². The average molecular weight is 250 g/mol. The van der Waals surface area contributed by atoms with Gasteiger partial charge in [-0.25, -0.2) is 0 Å². The van der Waals surface area contributed by atoms with Gasteiger partial charge in [-0.1, -0.05) is 50.2 Å². The van der Waals surface area contributed by atoms with Gasteiger partial charge < -0.3 is 0 Å². The Morgan fingerprint density at radius 2 is 1.74 bits per heavy atom. The highest BCUT2D eigenvalue weighted by Crippen LogP contribution is 2.28. The van der Waals surface area contributed by atoms with Gasteiger partial charge in [0.1, 0.15) is 0 Å². The molecule has 0 spiro atoms. The largest absolute Gasteiger partial charge is 0.289 e. The van der Waals surface area contributed by atoms with E-state index in [2.05, 4.69) is 38.1 Å². The van der Waals surface area contributed by atoms with Gasteiger partial charge in [0, 0.05) is 11.1 Å². The van der Waals surface area contributed by atoms with Crippen LogP contribution >= 0.6 is 0 Å². The highest BCUT2D eigenvalue weighted by molar-refractivity contribution is 6.12. The lowest BCUT2D eigenvalue weighted by Crippen LogP contribution is -2.15. The molecule has 0 radical (unpaired) electrons. The second kappa shape index (κ2) is 4.65. The monoisotopic (exact) mass is 250 g/mol. The third-order valence-corrected chi connectivity index (χ3v) is 3.71. The molecule has 96 valence electrons. The highest BCUT2D eigenvalue weighted by atomic mass is 16.1. The van der Waals surface area contributed by atoms with E-state index in [0.717, 1.165) is 35.1 Å². The van der Waals surface area contributed by atoms with Crippen molar-refractivity contribution in [2.75, 3.05) is 0 Å². The molecule has 1 nitrogen and oxygen atoms in total. The maximum absolute atomic E-state index is 12.5. The zero-order valence-corrected chi connectivity index (χ0v) is 11.4. The van der Waals surface area contributed by atoms with Crippen molar-refractivity contribution in [2.45, 2.75) is 26.7 Å². The predicted octanol–water partition coefficient (Wildman–Crippen LogP) is 4.02. The zero-order chi connectivity index (χ0) is 13.4. The topological polar surface area (TPSA) is 17.1 Å². The van der Waals surface area contributed by atoms with Crippen molar-refractivity contribution >= 4 is 5.78 Å². The first kappa shape index (κ1) is 12.2. The summed E-state index contributed by atoms with van der Waals surface area (Å²) in [6.07, 6.45) is 1.90. The molecule has 0 saturated carbocycles. The van der Waals surface area contributed by atoms with Crippen molar-refractivity contribution in [3.8, 4) is 0 Å². The van der Waals surface area contributed by atoms with E-state index in [1.54, 1.807) is 0 Å². The Hall–Kier alpha value is -1.89. The Morgan fingerprint density at radius 1 is 1.00 bits per heavy atom. The summed E-state index contributed by atoms with van der Waals surface area (Å²) >= 11 is 0. The molecule has 1 aliphatic carbocycles. The molecule has 1 aliphatic rings. The number of fused-ring (bicyclic) bond motifs is 2. The molecule has 0 aliphatic heterocycles. The van der Waals surface area contributed by atoms with Crippen LogP contribution in [0.4, 0.5) is 0 Å². The predicted molar refractivity (Wildman–Crippen MR) is 77.7 cm³/mol. The molecule has 3 rings (SSSR count). The van der Waals surface area contributed by atoms with Gasteiger partial charge in [0.15, 0.2) is 5.78 Å². The minimum Gasteiger partial charge on any atom is -0.289 e. The smallest absolute Gasteiger partial charge is 0.193 e. The maximum Gasteiger partial charge on any atom is 0.193 e. The van der Waals surface area contributed by atoms with E-state index in [0.29, 0.717) is 5.92 Å². The number of ketones is 1. The molecule has 2 aromatic carbocycles. The molecule has 0 aromatic heterocycles. The molecule has 0 heterocycles. The highest BCUT2D eigenvalue weighted by Gasteiger charge is 2.22. The summed E-state index contributed by atoms with van der Waals surface area (Å²) in [4.78, 5) is 12.5. The molecular formula is C18H18O. The van der Waals surface area contributed by atoms with E-state index in [-0.39, 0.29) is 5.78 Å². The molecule has 0 atom stereocenters. The van der Waals surface area contributed by atoms with E-state index < -0.39 is 0 Å². The lowest BCUT2D eigenvalue weighted by Gasteiger charge is -2.19. The molecule has 0 fully saturated rings. The van der Waals surface area contributed by atoms with E-state index in [1.807, 2.05) is 18.2 Å². The van der Waals surface area contributed by atoms with Gasteiger partial charge in [0.05, 0.1) is 0 Å². The van der Waals surface area contributed by atoms with Crippen LogP contribution < -0.4 is 0 Å². The first-order valence-electron chi connectivity index (χ1n) is 6.89. The molecule has 2 aromatic rings. The Labute approximate surface area is 114 Å². The molecular weight excluding hydrogens is 232 g/mol. The fourth-order valence-corrected chi connectivity index (χ4v) is 2.83. The van der Waals surface area contributed by atoms with Gasteiger partial charge in [-0.05, 0) is 41.5 Å². The standard InChI is InChI=1S/C18H18O/c1-12(2)9-13-7-8-15-11-14-5-3-4-6-16(14)18(19)17(15)10-13/h3-8,10,12H,9,11H2,1-2H3. The fraction of sp³-hybridized carbons (Fsp3) is 0.278. The molecule has 0 bridgehead atoms. The quantitative estimate of drug-likeness (QED) is 0.671. The normalized spacial score (nSPS) is 13.3. The second-order valence-corrected chi connectivity index (χ2v) is 5.75. The summed E-state index contributed by atoms with van der Waals surface area (Å²) in [6.45, 7) is 4.41. The van der Waals surface area contributed by atoms with Crippen molar-refractivity contribution in [2.24, 2.45) is 5.92 Å². The first-order chi connectivity index (χ1) is 9.15. The van der Waals surface area contributed by atoms with Gasteiger partial charge in [-0.2, -0.15) is 0 Å². The summed E-state index contributed by atoms with van der Waals surface area (Å²) < 4.78 is 0. The second-order valence-electron chi connectivity index (χ2n) is 5.75. The Kier molecular flexibility index (Phi) is 2.98. The van der Waals surface area contributed by atoms with Crippen molar-refractivity contribution in [3.05, 3.63) is 70.3 Å². The summed E-state index contributed by atoms with van der Waals surface area (Å²) in [5, 5.41) is 0. The zero-order valence-electron chi connectivity index (χ0n) is 11.4. The fourth-order valence-electron chi connectivity index (χ4n) is 2.83. The molecule has 0 unspecified atom stereocenters.